The lowest BCUT2D eigenvalue weighted by Gasteiger charge is -2.34. The Morgan fingerprint density at radius 2 is 0.976 bits per heavy atom. The third-order valence-corrected chi connectivity index (χ3v) is 16.6. The third kappa shape index (κ3) is 8.86. The lowest BCUT2D eigenvalue weighted by atomic mass is 9.96. The summed E-state index contributed by atoms with van der Waals surface area (Å²) in [5, 5.41) is 37.4. The molecule has 416 valence electrons. The molecule has 0 amide bonds. The van der Waals surface area contributed by atoms with E-state index in [1.54, 1.807) is 12.4 Å². The van der Waals surface area contributed by atoms with Crippen molar-refractivity contribution in [2.45, 2.75) is 52.9 Å². The summed E-state index contributed by atoms with van der Waals surface area (Å²) in [6.07, 6.45) is 4.61. The number of ketones is 1. The molecule has 0 spiro atoms. The Balaban J connectivity index is 0.769. The van der Waals surface area contributed by atoms with E-state index < -0.39 is 17.4 Å². The van der Waals surface area contributed by atoms with Gasteiger partial charge < -0.3 is 49.6 Å². The van der Waals surface area contributed by atoms with Crippen molar-refractivity contribution >= 4 is 50.9 Å². The van der Waals surface area contributed by atoms with Crippen LogP contribution in [0.3, 0.4) is 0 Å². The number of fused-ring (bicyclic) bond motifs is 4. The summed E-state index contributed by atoms with van der Waals surface area (Å²) in [6, 6.07) is 17.3. The minimum absolute atomic E-state index is 0.146. The highest BCUT2D eigenvalue weighted by molar-refractivity contribution is 6.12. The molecular weight excluding hydrogens is 1050 g/mol. The number of likely N-dealkylation sites (N-methyl/N-ethyl adjacent to an activating group) is 2. The Kier molecular flexibility index (Phi) is 12.4. The van der Waals surface area contributed by atoms with Crippen LogP contribution in [0, 0.1) is 11.6 Å². The Hall–Kier alpha value is -9.35. The van der Waals surface area contributed by atoms with Crippen molar-refractivity contribution < 1.29 is 23.8 Å². The number of phenols is 2. The normalized spacial score (nSPS) is 15.9. The van der Waals surface area contributed by atoms with Gasteiger partial charge in [-0.15, -0.1) is 0 Å². The van der Waals surface area contributed by atoms with E-state index in [0.29, 0.717) is 96.5 Å². The Bertz CT molecular complexity index is 3860. The highest BCUT2D eigenvalue weighted by Crippen LogP contribution is 2.40. The van der Waals surface area contributed by atoms with Crippen molar-refractivity contribution in [1.82, 2.24) is 70.1 Å². The van der Waals surface area contributed by atoms with Gasteiger partial charge in [0, 0.05) is 63.1 Å². The molecule has 4 aliphatic rings. The van der Waals surface area contributed by atoms with Crippen molar-refractivity contribution in [3.05, 3.63) is 130 Å². The number of nitrogens with zero attached hydrogens (tertiary/aromatic N) is 14. The number of aromatic nitrogens is 12. The Morgan fingerprint density at radius 3 is 1.38 bits per heavy atom. The second kappa shape index (κ2) is 20.0. The first-order valence-electron chi connectivity index (χ1n) is 27.7. The zero-order chi connectivity index (χ0) is 56.1. The predicted octanol–water partition coefficient (Wildman–Crippen LogP) is 7.72. The molecule has 0 saturated carbocycles. The molecule has 10 aromatic rings. The summed E-state index contributed by atoms with van der Waals surface area (Å²) in [5.41, 5.74) is 11.0. The molecule has 6 N–H and O–H groups in total. The molecule has 0 aliphatic carbocycles. The number of rotatable bonds is 12. The lowest BCUT2D eigenvalue weighted by molar-refractivity contribution is 0.103. The van der Waals surface area contributed by atoms with Crippen molar-refractivity contribution in [3.8, 4) is 56.8 Å². The Morgan fingerprint density at radius 1 is 0.549 bits per heavy atom. The van der Waals surface area contributed by atoms with Crippen LogP contribution >= 0.6 is 0 Å². The van der Waals surface area contributed by atoms with Gasteiger partial charge in [0.1, 0.15) is 23.0 Å². The van der Waals surface area contributed by atoms with Crippen molar-refractivity contribution in [2.75, 3.05) is 86.1 Å². The summed E-state index contributed by atoms with van der Waals surface area (Å²) >= 11 is 0. The van der Waals surface area contributed by atoms with E-state index in [2.05, 4.69) is 64.1 Å². The maximum atomic E-state index is 15.5. The van der Waals surface area contributed by atoms with Gasteiger partial charge in [-0.1, -0.05) is 26.0 Å². The fourth-order valence-corrected chi connectivity index (χ4v) is 11.9. The van der Waals surface area contributed by atoms with Crippen LogP contribution in [0.15, 0.2) is 73.1 Å². The first-order valence-corrected chi connectivity index (χ1v) is 27.7. The lowest BCUT2D eigenvalue weighted by Crippen LogP contribution is -2.45. The van der Waals surface area contributed by atoms with E-state index in [4.69, 9.17) is 29.9 Å². The second-order valence-corrected chi connectivity index (χ2v) is 21.7. The molecule has 2 saturated heterocycles. The van der Waals surface area contributed by atoms with Crippen molar-refractivity contribution in [3.63, 3.8) is 0 Å². The molecule has 23 heteroatoms. The number of benzene rings is 4. The van der Waals surface area contributed by atoms with Crippen LogP contribution in [0.2, 0.25) is 0 Å². The average molecular weight is 1110 g/mol. The smallest absolute Gasteiger partial charge is 0.237 e. The topological polar surface area (TPSA) is 243 Å². The van der Waals surface area contributed by atoms with Crippen LogP contribution < -0.4 is 19.6 Å². The van der Waals surface area contributed by atoms with Crippen LogP contribution in [0.5, 0.6) is 11.5 Å². The van der Waals surface area contributed by atoms with Crippen molar-refractivity contribution in [2.24, 2.45) is 0 Å². The summed E-state index contributed by atoms with van der Waals surface area (Å²) in [7, 11) is 4.20. The highest BCUT2D eigenvalue weighted by Gasteiger charge is 2.36. The number of halogens is 2. The van der Waals surface area contributed by atoms with Gasteiger partial charge in [-0.05, 0) is 109 Å². The number of carbonyl (C=O) groups excluding carboxylic acids is 1. The van der Waals surface area contributed by atoms with E-state index in [1.165, 1.54) is 24.3 Å². The number of phenolic OH excluding ortho intramolecular Hbond substituents is 2. The second-order valence-electron chi connectivity index (χ2n) is 21.7. The van der Waals surface area contributed by atoms with Gasteiger partial charge in [-0.25, -0.2) is 38.7 Å². The third-order valence-electron chi connectivity index (χ3n) is 16.6. The minimum atomic E-state index is -0.677. The molecule has 4 aliphatic heterocycles. The SMILES string of the molecule is CCc1cc(O)c(F)cc1-c1ccc2c(-c3nc4c([nH]3)CN(c3nc(N5CCN(C)CC5)cnc3C(=O)c3ncc(N5CCN(C)CC5)nc3N3Cc5nc(-c6n[nH]c7cc(-c8cc(F)c(O)cc8CC)ccc67)[nH]c5C3)C4)n[nH]c2c1. The molecule has 82 heavy (non-hydrogen) atoms. The summed E-state index contributed by atoms with van der Waals surface area (Å²) in [4.78, 5) is 66.1. The number of carbonyl (C=O) groups is 1. The van der Waals surface area contributed by atoms with Gasteiger partial charge in [0.2, 0.25) is 5.78 Å². The molecule has 0 bridgehead atoms. The number of H-pyrrole nitrogens is 4. The minimum Gasteiger partial charge on any atom is -0.505 e. The Labute approximate surface area is 468 Å². The molecule has 0 radical (unpaired) electrons. The fraction of sp³-hybridized carbons (Fsp3) is 0.305. The molecule has 0 atom stereocenters. The van der Waals surface area contributed by atoms with Crippen LogP contribution in [0.25, 0.3) is 67.1 Å². The molecule has 2 fully saturated rings. The molecule has 0 unspecified atom stereocenters. The summed E-state index contributed by atoms with van der Waals surface area (Å²) in [5.74, 6) is 0.832. The van der Waals surface area contributed by atoms with E-state index in [9.17, 15) is 19.0 Å². The first-order chi connectivity index (χ1) is 39.8. The number of aromatic amines is 4. The standard InChI is InChI=1S/C59H58F2N18O3/c1-5-31-21-47(80)39(60)23-37(31)33-7-9-35-41(19-33)70-72-51(35)56-64-43-27-78(28-44(43)65-56)58-53(62-25-49(68-58)76-15-11-74(3)12-16-76)55(82)54-59(69-50(26-63-54)77-17-13-75(4)14-18-77)79-29-45-46(30-79)67-57(66-45)52-36-10-8-34(20-42(36)71-73-52)38-24-40(61)48(81)22-32(38)6-2/h7-10,19-26,80-81H,5-6,11-18,27-30H2,1-4H3,(H,64,65)(H,66,67)(H,70,72)(H,71,73). The predicted molar refractivity (Wildman–Crippen MR) is 307 cm³/mol. The zero-order valence-electron chi connectivity index (χ0n) is 45.6. The molecule has 10 heterocycles. The van der Waals surface area contributed by atoms with E-state index in [1.807, 2.05) is 60.0 Å². The van der Waals surface area contributed by atoms with Crippen LogP contribution in [-0.2, 0) is 39.0 Å². The van der Waals surface area contributed by atoms with Gasteiger partial charge in [0.25, 0.3) is 0 Å². The van der Waals surface area contributed by atoms with Gasteiger partial charge in [0.05, 0.1) is 72.4 Å². The van der Waals surface area contributed by atoms with Crippen LogP contribution in [0.4, 0.5) is 32.1 Å². The van der Waals surface area contributed by atoms with E-state index in [0.717, 1.165) is 119 Å². The number of aromatic hydroxyl groups is 2. The summed E-state index contributed by atoms with van der Waals surface area (Å²) < 4.78 is 29.2. The van der Waals surface area contributed by atoms with Gasteiger partial charge >= 0.3 is 0 Å². The monoisotopic (exact) mass is 1100 g/mol. The number of anilines is 4. The molecular formula is C59H58F2N18O3. The zero-order valence-corrected chi connectivity index (χ0v) is 45.6. The van der Waals surface area contributed by atoms with Crippen LogP contribution in [0.1, 0.15) is 63.9 Å². The number of hydrogen-bond donors (Lipinski definition) is 6. The highest BCUT2D eigenvalue weighted by atomic mass is 19.1. The van der Waals surface area contributed by atoms with Crippen molar-refractivity contribution in [1.29, 1.82) is 0 Å². The van der Waals surface area contributed by atoms with Gasteiger partial charge in [0.15, 0.2) is 57.8 Å². The number of aryl methyl sites for hydroxylation is 2. The maximum absolute atomic E-state index is 15.5. The first kappa shape index (κ1) is 50.8. The quantitative estimate of drug-likeness (QED) is 0.0641. The van der Waals surface area contributed by atoms with E-state index in [-0.39, 0.29) is 22.9 Å². The number of imidazole rings is 2. The maximum Gasteiger partial charge on any atom is 0.237 e. The molecule has 21 nitrogen and oxygen atoms in total. The summed E-state index contributed by atoms with van der Waals surface area (Å²) in [6.45, 7) is 11.8. The number of nitrogens with one attached hydrogen (secondary N) is 4. The van der Waals surface area contributed by atoms with Crippen LogP contribution in [-0.4, -0.2) is 153 Å². The van der Waals surface area contributed by atoms with Gasteiger partial charge in [-0.2, -0.15) is 10.2 Å². The van der Waals surface area contributed by atoms with E-state index >= 15 is 4.79 Å². The average Bonchev–Trinajstić information content (AvgIpc) is 3.38. The number of hydrogen-bond acceptors (Lipinski definition) is 17. The number of piperazine rings is 2. The fourth-order valence-electron chi connectivity index (χ4n) is 11.9. The largest absolute Gasteiger partial charge is 0.505 e. The molecule has 4 aromatic carbocycles. The van der Waals surface area contributed by atoms with Gasteiger partial charge in [-0.3, -0.25) is 15.0 Å². The molecule has 6 aromatic heterocycles. The molecule has 14 rings (SSSR count).